The summed E-state index contributed by atoms with van der Waals surface area (Å²) in [6, 6.07) is 16.2. The molecule has 0 aliphatic carbocycles. The van der Waals surface area contributed by atoms with Crippen LogP contribution in [0.4, 0.5) is 5.82 Å². The Morgan fingerprint density at radius 2 is 1.65 bits per heavy atom. The Balaban J connectivity index is 1.86. The van der Waals surface area contributed by atoms with Gasteiger partial charge in [-0.2, -0.15) is 0 Å². The second kappa shape index (κ2) is 5.88. The van der Waals surface area contributed by atoms with E-state index in [0.717, 1.165) is 46.9 Å². The van der Waals surface area contributed by atoms with Gasteiger partial charge in [-0.15, -0.1) is 0 Å². The third-order valence-corrected chi connectivity index (χ3v) is 4.34. The fraction of sp³-hybridized carbons (Fsp3) is 0.263. The van der Waals surface area contributed by atoms with Gasteiger partial charge in [-0.3, -0.25) is 0 Å². The summed E-state index contributed by atoms with van der Waals surface area (Å²) in [7, 11) is 1.67. The number of methoxy groups -OCH3 is 1. The molecule has 1 saturated heterocycles. The first kappa shape index (κ1) is 14.0. The fourth-order valence-corrected chi connectivity index (χ4v) is 3.10. The van der Waals surface area contributed by atoms with Crippen LogP contribution in [0.5, 0.6) is 5.75 Å². The Morgan fingerprint density at radius 3 is 2.39 bits per heavy atom. The average Bonchev–Trinajstić information content (AvgIpc) is 3.15. The van der Waals surface area contributed by atoms with Crippen molar-refractivity contribution in [1.82, 2.24) is 9.97 Å². The van der Waals surface area contributed by atoms with Crippen molar-refractivity contribution in [3.63, 3.8) is 0 Å². The fourth-order valence-electron chi connectivity index (χ4n) is 3.10. The molecule has 0 unspecified atom stereocenters. The highest BCUT2D eigenvalue weighted by molar-refractivity contribution is 5.91. The average molecular weight is 305 g/mol. The Morgan fingerprint density at radius 1 is 0.913 bits per heavy atom. The van der Waals surface area contributed by atoms with Crippen molar-refractivity contribution in [3.8, 4) is 17.1 Å². The van der Waals surface area contributed by atoms with E-state index in [4.69, 9.17) is 14.7 Å². The monoisotopic (exact) mass is 305 g/mol. The van der Waals surface area contributed by atoms with Crippen LogP contribution in [-0.4, -0.2) is 30.2 Å². The van der Waals surface area contributed by atoms with Crippen molar-refractivity contribution in [2.24, 2.45) is 0 Å². The van der Waals surface area contributed by atoms with Gasteiger partial charge in [0.1, 0.15) is 11.6 Å². The molecule has 1 aliphatic rings. The summed E-state index contributed by atoms with van der Waals surface area (Å²) in [6.07, 6.45) is 2.46. The van der Waals surface area contributed by atoms with E-state index < -0.39 is 0 Å². The maximum Gasteiger partial charge on any atom is 0.162 e. The number of nitrogens with zero attached hydrogens (tertiary/aromatic N) is 3. The second-order valence-corrected chi connectivity index (χ2v) is 5.81. The first-order chi connectivity index (χ1) is 11.3. The summed E-state index contributed by atoms with van der Waals surface area (Å²) in [5, 5.41) is 1.13. The van der Waals surface area contributed by atoms with Crippen LogP contribution in [0, 0.1) is 0 Å². The number of hydrogen-bond acceptors (Lipinski definition) is 4. The summed E-state index contributed by atoms with van der Waals surface area (Å²) in [4.78, 5) is 12.0. The number of benzene rings is 2. The van der Waals surface area contributed by atoms with E-state index in [9.17, 15) is 0 Å². The summed E-state index contributed by atoms with van der Waals surface area (Å²) in [6.45, 7) is 2.14. The van der Waals surface area contributed by atoms with Crippen LogP contribution in [-0.2, 0) is 0 Å². The number of hydrogen-bond donors (Lipinski definition) is 0. The molecule has 116 valence electrons. The van der Waals surface area contributed by atoms with E-state index in [1.807, 2.05) is 30.3 Å². The molecule has 4 heteroatoms. The van der Waals surface area contributed by atoms with Gasteiger partial charge >= 0.3 is 0 Å². The highest BCUT2D eigenvalue weighted by Gasteiger charge is 2.18. The molecule has 1 aliphatic heterocycles. The first-order valence-corrected chi connectivity index (χ1v) is 8.01. The van der Waals surface area contributed by atoms with Gasteiger partial charge < -0.3 is 9.64 Å². The lowest BCUT2D eigenvalue weighted by atomic mass is 10.1. The van der Waals surface area contributed by atoms with Gasteiger partial charge in [0.25, 0.3) is 0 Å². The molecule has 0 atom stereocenters. The van der Waals surface area contributed by atoms with Gasteiger partial charge in [0.05, 0.1) is 12.6 Å². The van der Waals surface area contributed by atoms with E-state index in [0.29, 0.717) is 0 Å². The summed E-state index contributed by atoms with van der Waals surface area (Å²) in [5.41, 5.74) is 2.01. The summed E-state index contributed by atoms with van der Waals surface area (Å²) in [5.74, 6) is 2.67. The first-order valence-electron chi connectivity index (χ1n) is 8.01. The van der Waals surface area contributed by atoms with Crippen molar-refractivity contribution in [3.05, 3.63) is 48.5 Å². The predicted molar refractivity (Wildman–Crippen MR) is 93.0 cm³/mol. The highest BCUT2D eigenvalue weighted by atomic mass is 16.5. The summed E-state index contributed by atoms with van der Waals surface area (Å²) < 4.78 is 5.23. The van der Waals surface area contributed by atoms with Crippen molar-refractivity contribution in [2.75, 3.05) is 25.1 Å². The van der Waals surface area contributed by atoms with Crippen LogP contribution < -0.4 is 9.64 Å². The van der Waals surface area contributed by atoms with Crippen LogP contribution >= 0.6 is 0 Å². The Kier molecular flexibility index (Phi) is 3.58. The van der Waals surface area contributed by atoms with E-state index in [1.165, 1.54) is 12.8 Å². The molecular weight excluding hydrogens is 286 g/mol. The van der Waals surface area contributed by atoms with Crippen LogP contribution in [0.3, 0.4) is 0 Å². The maximum atomic E-state index is 5.23. The van der Waals surface area contributed by atoms with Crippen LogP contribution in [0.25, 0.3) is 22.3 Å². The topological polar surface area (TPSA) is 38.2 Å². The third-order valence-electron chi connectivity index (χ3n) is 4.34. The molecule has 0 N–H and O–H groups in total. The predicted octanol–water partition coefficient (Wildman–Crippen LogP) is 3.91. The second-order valence-electron chi connectivity index (χ2n) is 5.81. The minimum absolute atomic E-state index is 0.772. The number of fused-ring (bicyclic) bond motifs is 1. The van der Waals surface area contributed by atoms with Crippen LogP contribution in [0.1, 0.15) is 12.8 Å². The standard InChI is InChI=1S/C19H19N3O/c1-23-15-10-8-14(9-11-15)18-20-17-7-3-2-6-16(17)19(21-18)22-12-4-5-13-22/h2-3,6-11H,4-5,12-13H2,1H3. The summed E-state index contributed by atoms with van der Waals surface area (Å²) >= 11 is 0. The SMILES string of the molecule is COc1ccc(-c2nc(N3CCCC3)c3ccccc3n2)cc1. The van der Waals surface area contributed by atoms with Crippen molar-refractivity contribution < 1.29 is 4.74 Å². The number of aromatic nitrogens is 2. The van der Waals surface area contributed by atoms with Gasteiger partial charge in [-0.25, -0.2) is 9.97 Å². The van der Waals surface area contributed by atoms with Gasteiger partial charge in [0.15, 0.2) is 5.82 Å². The minimum atomic E-state index is 0.772. The van der Waals surface area contributed by atoms with Crippen molar-refractivity contribution >= 4 is 16.7 Å². The Labute approximate surface area is 135 Å². The van der Waals surface area contributed by atoms with E-state index >= 15 is 0 Å². The van der Waals surface area contributed by atoms with Gasteiger partial charge in [0, 0.05) is 24.0 Å². The maximum absolute atomic E-state index is 5.23. The zero-order valence-electron chi connectivity index (χ0n) is 13.2. The zero-order chi connectivity index (χ0) is 15.6. The van der Waals surface area contributed by atoms with Crippen molar-refractivity contribution in [1.29, 1.82) is 0 Å². The highest BCUT2D eigenvalue weighted by Crippen LogP contribution is 2.30. The molecular formula is C19H19N3O. The molecule has 0 amide bonds. The molecule has 0 radical (unpaired) electrons. The molecule has 2 aromatic carbocycles. The molecule has 23 heavy (non-hydrogen) atoms. The van der Waals surface area contributed by atoms with E-state index in [2.05, 4.69) is 23.1 Å². The molecule has 0 saturated carbocycles. The number of ether oxygens (including phenoxy) is 1. The lowest BCUT2D eigenvalue weighted by Gasteiger charge is -2.19. The molecule has 4 nitrogen and oxygen atoms in total. The number of rotatable bonds is 3. The van der Waals surface area contributed by atoms with E-state index in [1.54, 1.807) is 7.11 Å². The smallest absolute Gasteiger partial charge is 0.162 e. The number of anilines is 1. The lowest BCUT2D eigenvalue weighted by Crippen LogP contribution is -2.19. The van der Waals surface area contributed by atoms with Crippen LogP contribution in [0.15, 0.2) is 48.5 Å². The molecule has 1 aromatic heterocycles. The van der Waals surface area contributed by atoms with Gasteiger partial charge in [-0.1, -0.05) is 12.1 Å². The minimum Gasteiger partial charge on any atom is -0.497 e. The normalized spacial score (nSPS) is 14.4. The molecule has 0 spiro atoms. The Hall–Kier alpha value is -2.62. The van der Waals surface area contributed by atoms with Crippen molar-refractivity contribution in [2.45, 2.75) is 12.8 Å². The van der Waals surface area contributed by atoms with Gasteiger partial charge in [0.2, 0.25) is 0 Å². The van der Waals surface area contributed by atoms with Gasteiger partial charge in [-0.05, 0) is 49.2 Å². The Bertz CT molecular complexity index is 824. The number of para-hydroxylation sites is 1. The third kappa shape index (κ3) is 2.61. The van der Waals surface area contributed by atoms with Crippen LogP contribution in [0.2, 0.25) is 0 Å². The van der Waals surface area contributed by atoms with E-state index in [-0.39, 0.29) is 0 Å². The lowest BCUT2D eigenvalue weighted by molar-refractivity contribution is 0.415. The molecule has 3 aromatic rings. The molecule has 4 rings (SSSR count). The largest absolute Gasteiger partial charge is 0.497 e. The zero-order valence-corrected chi connectivity index (χ0v) is 13.2. The molecule has 2 heterocycles. The quantitative estimate of drug-likeness (QED) is 0.735. The molecule has 1 fully saturated rings. The molecule has 0 bridgehead atoms.